The van der Waals surface area contributed by atoms with Gasteiger partial charge in [-0.25, -0.2) is 0 Å². The van der Waals surface area contributed by atoms with Gasteiger partial charge < -0.3 is 24.4 Å². The van der Waals surface area contributed by atoms with Gasteiger partial charge in [0.1, 0.15) is 17.1 Å². The molecule has 3 rings (SSSR count). The van der Waals surface area contributed by atoms with E-state index < -0.39 is 13.9 Å². The van der Waals surface area contributed by atoms with Crippen LogP contribution in [0.2, 0.25) is 18.1 Å². The Morgan fingerprint density at radius 3 is 1.65 bits per heavy atom. The Balaban J connectivity index is 2.06. The molecule has 0 radical (unpaired) electrons. The minimum atomic E-state index is -1.91. The van der Waals surface area contributed by atoms with Gasteiger partial charge in [-0.15, -0.1) is 0 Å². The smallest absolute Gasteiger partial charge is 0.191 e. The fraction of sp³-hybridized carbons (Fsp3) is 0.471. The maximum Gasteiger partial charge on any atom is 0.191 e. The van der Waals surface area contributed by atoms with Crippen molar-refractivity contribution >= 4 is 8.32 Å². The SMILES string of the molecule is COc1ccc(C(OCC(CCCCN)CO[Si](C)(C)C(C)(C)C)(c2ccccc2)c2ccc(OC)cc2)cc1. The Bertz CT molecular complexity index is 1090. The Hall–Kier alpha value is -2.64. The molecule has 0 bridgehead atoms. The molecule has 5 nitrogen and oxygen atoms in total. The first kappa shape index (κ1) is 31.9. The number of hydrogen-bond acceptors (Lipinski definition) is 5. The molecule has 3 aromatic carbocycles. The molecule has 0 saturated heterocycles. The highest BCUT2D eigenvalue weighted by atomic mass is 28.4. The summed E-state index contributed by atoms with van der Waals surface area (Å²) in [5.74, 6) is 1.85. The molecular weight excluding hydrogens is 514 g/mol. The number of nitrogens with two attached hydrogens (primary N) is 1. The number of ether oxygens (including phenoxy) is 3. The highest BCUT2D eigenvalue weighted by molar-refractivity contribution is 6.74. The van der Waals surface area contributed by atoms with Crippen molar-refractivity contribution in [2.24, 2.45) is 11.7 Å². The lowest BCUT2D eigenvalue weighted by atomic mass is 9.79. The number of benzene rings is 3. The fourth-order valence-corrected chi connectivity index (χ4v) is 5.74. The van der Waals surface area contributed by atoms with E-state index in [4.69, 9.17) is 24.4 Å². The third-order valence-electron chi connectivity index (χ3n) is 8.26. The van der Waals surface area contributed by atoms with E-state index >= 15 is 0 Å². The highest BCUT2D eigenvalue weighted by Crippen LogP contribution is 2.42. The van der Waals surface area contributed by atoms with Crippen LogP contribution in [0.5, 0.6) is 11.5 Å². The molecule has 0 spiro atoms. The molecule has 0 heterocycles. The molecule has 6 heteroatoms. The summed E-state index contributed by atoms with van der Waals surface area (Å²) in [6.07, 6.45) is 3.05. The average Bonchev–Trinajstić information content (AvgIpc) is 2.96. The maximum absolute atomic E-state index is 7.20. The minimum Gasteiger partial charge on any atom is -0.497 e. The maximum atomic E-state index is 7.20. The Labute approximate surface area is 243 Å². The first-order valence-corrected chi connectivity index (χ1v) is 17.3. The van der Waals surface area contributed by atoms with Crippen molar-refractivity contribution in [1.29, 1.82) is 0 Å². The lowest BCUT2D eigenvalue weighted by molar-refractivity contribution is -0.0194. The third kappa shape index (κ3) is 7.76. The molecule has 0 saturated carbocycles. The van der Waals surface area contributed by atoms with Crippen LogP contribution in [0.15, 0.2) is 78.9 Å². The molecule has 1 unspecified atom stereocenters. The largest absolute Gasteiger partial charge is 0.497 e. The van der Waals surface area contributed by atoms with Crippen LogP contribution in [-0.2, 0) is 14.8 Å². The molecule has 0 aliphatic rings. The number of methoxy groups -OCH3 is 2. The zero-order valence-corrected chi connectivity index (χ0v) is 26.5. The summed E-state index contributed by atoms with van der Waals surface area (Å²) in [4.78, 5) is 0. The van der Waals surface area contributed by atoms with Gasteiger partial charge in [0, 0.05) is 12.5 Å². The standard InChI is InChI=1S/C34H49NO4Si/c1-33(2,3)40(6,7)39-26-27(13-11-12-24-35)25-38-34(28-14-9-8-10-15-28,29-16-20-31(36-4)21-17-29)30-18-22-32(37-5)23-19-30/h8-10,14-23,27H,11-13,24-26,35H2,1-7H3. The lowest BCUT2D eigenvalue weighted by Gasteiger charge is -2.39. The molecule has 2 N–H and O–H groups in total. The number of hydrogen-bond donors (Lipinski definition) is 1. The molecule has 218 valence electrons. The van der Waals surface area contributed by atoms with Gasteiger partial charge in [0.15, 0.2) is 8.32 Å². The third-order valence-corrected chi connectivity index (χ3v) is 12.8. The van der Waals surface area contributed by atoms with Gasteiger partial charge >= 0.3 is 0 Å². The molecule has 1 atom stereocenters. The van der Waals surface area contributed by atoms with Crippen molar-refractivity contribution in [2.75, 3.05) is 34.0 Å². The molecule has 0 amide bonds. The van der Waals surface area contributed by atoms with E-state index in [1.807, 2.05) is 30.3 Å². The zero-order chi connectivity index (χ0) is 29.2. The van der Waals surface area contributed by atoms with Crippen molar-refractivity contribution in [3.05, 3.63) is 95.6 Å². The summed E-state index contributed by atoms with van der Waals surface area (Å²) in [6.45, 7) is 13.4. The summed E-state index contributed by atoms with van der Waals surface area (Å²) in [5, 5.41) is 0.148. The van der Waals surface area contributed by atoms with E-state index in [1.54, 1.807) is 14.2 Å². The van der Waals surface area contributed by atoms with Gasteiger partial charge in [0.05, 0.1) is 20.8 Å². The van der Waals surface area contributed by atoms with Crippen molar-refractivity contribution in [3.63, 3.8) is 0 Å². The van der Waals surface area contributed by atoms with E-state index in [0.717, 1.165) is 47.5 Å². The normalized spacial score (nSPS) is 13.2. The van der Waals surface area contributed by atoms with E-state index in [-0.39, 0.29) is 11.0 Å². The molecule has 0 aliphatic heterocycles. The summed E-state index contributed by atoms with van der Waals surface area (Å²) in [6, 6.07) is 26.9. The molecule has 0 fully saturated rings. The topological polar surface area (TPSA) is 62.9 Å². The predicted octanol–water partition coefficient (Wildman–Crippen LogP) is 7.78. The van der Waals surface area contributed by atoms with Crippen LogP contribution < -0.4 is 15.2 Å². The Morgan fingerprint density at radius 1 is 0.700 bits per heavy atom. The first-order chi connectivity index (χ1) is 19.1. The Morgan fingerprint density at radius 2 is 1.20 bits per heavy atom. The van der Waals surface area contributed by atoms with Crippen molar-refractivity contribution in [2.45, 2.75) is 63.8 Å². The van der Waals surface area contributed by atoms with Gasteiger partial charge in [-0.05, 0) is 78.5 Å². The van der Waals surface area contributed by atoms with E-state index in [1.165, 1.54) is 0 Å². The van der Waals surface area contributed by atoms with Gasteiger partial charge in [-0.3, -0.25) is 0 Å². The van der Waals surface area contributed by atoms with Gasteiger partial charge in [-0.1, -0.05) is 81.8 Å². The predicted molar refractivity (Wildman–Crippen MR) is 168 cm³/mol. The van der Waals surface area contributed by atoms with Gasteiger partial charge in [0.2, 0.25) is 0 Å². The molecule has 40 heavy (non-hydrogen) atoms. The average molecular weight is 564 g/mol. The van der Waals surface area contributed by atoms with Crippen molar-refractivity contribution < 1.29 is 18.6 Å². The Kier molecular flexibility index (Phi) is 11.4. The van der Waals surface area contributed by atoms with Crippen LogP contribution in [0, 0.1) is 5.92 Å². The summed E-state index contributed by atoms with van der Waals surface area (Å²) >= 11 is 0. The van der Waals surface area contributed by atoms with Gasteiger partial charge in [0.25, 0.3) is 0 Å². The summed E-state index contributed by atoms with van der Waals surface area (Å²) in [5.41, 5.74) is 8.17. The second kappa shape index (κ2) is 14.3. The van der Waals surface area contributed by atoms with Crippen molar-refractivity contribution in [3.8, 4) is 11.5 Å². The van der Waals surface area contributed by atoms with Crippen LogP contribution >= 0.6 is 0 Å². The zero-order valence-electron chi connectivity index (χ0n) is 25.5. The monoisotopic (exact) mass is 563 g/mol. The van der Waals surface area contributed by atoms with Gasteiger partial charge in [-0.2, -0.15) is 0 Å². The van der Waals surface area contributed by atoms with Crippen LogP contribution in [-0.4, -0.2) is 42.3 Å². The molecule has 0 aromatic heterocycles. The molecular formula is C34H49NO4Si. The highest BCUT2D eigenvalue weighted by Gasteiger charge is 2.40. The van der Waals surface area contributed by atoms with E-state index in [9.17, 15) is 0 Å². The number of rotatable bonds is 15. The first-order valence-electron chi connectivity index (χ1n) is 14.4. The minimum absolute atomic E-state index is 0.148. The molecule has 0 aliphatic carbocycles. The lowest BCUT2D eigenvalue weighted by Crippen LogP contribution is -2.43. The van der Waals surface area contributed by atoms with E-state index in [2.05, 4.69) is 82.4 Å². The van der Waals surface area contributed by atoms with Crippen LogP contribution in [0.1, 0.15) is 56.7 Å². The second-order valence-electron chi connectivity index (χ2n) is 12.0. The quantitative estimate of drug-likeness (QED) is 0.116. The van der Waals surface area contributed by atoms with Crippen LogP contribution in [0.3, 0.4) is 0 Å². The second-order valence-corrected chi connectivity index (χ2v) is 16.8. The van der Waals surface area contributed by atoms with Crippen LogP contribution in [0.4, 0.5) is 0 Å². The fourth-order valence-electron chi connectivity index (χ4n) is 4.65. The summed E-state index contributed by atoms with van der Waals surface area (Å²) < 4.78 is 24.9. The molecule has 3 aromatic rings. The summed E-state index contributed by atoms with van der Waals surface area (Å²) in [7, 11) is 1.47. The van der Waals surface area contributed by atoms with E-state index in [0.29, 0.717) is 19.8 Å². The van der Waals surface area contributed by atoms with Crippen LogP contribution in [0.25, 0.3) is 0 Å². The number of unbranched alkanes of at least 4 members (excludes halogenated alkanes) is 1. The van der Waals surface area contributed by atoms with Crippen molar-refractivity contribution in [1.82, 2.24) is 0 Å².